The van der Waals surface area contributed by atoms with Gasteiger partial charge in [0, 0.05) is 25.5 Å². The van der Waals surface area contributed by atoms with Crippen molar-refractivity contribution in [3.63, 3.8) is 0 Å². The van der Waals surface area contributed by atoms with Crippen molar-refractivity contribution in [2.75, 3.05) is 23.3 Å². The summed E-state index contributed by atoms with van der Waals surface area (Å²) in [7, 11) is 0. The van der Waals surface area contributed by atoms with E-state index in [9.17, 15) is 4.79 Å². The maximum atomic E-state index is 12.3. The van der Waals surface area contributed by atoms with E-state index in [4.69, 9.17) is 5.26 Å². The molecule has 6 nitrogen and oxygen atoms in total. The number of nitrogens with one attached hydrogen (secondary N) is 1. The number of nitriles is 1. The van der Waals surface area contributed by atoms with Gasteiger partial charge in [-0.1, -0.05) is 19.1 Å². The van der Waals surface area contributed by atoms with Crippen LogP contribution in [0.4, 0.5) is 11.6 Å². The fraction of sp³-hybridized carbons (Fsp3) is 0.333. The molecule has 1 saturated heterocycles. The van der Waals surface area contributed by atoms with Crippen molar-refractivity contribution >= 4 is 17.5 Å². The minimum absolute atomic E-state index is 0.323. The van der Waals surface area contributed by atoms with Crippen molar-refractivity contribution < 1.29 is 4.79 Å². The van der Waals surface area contributed by atoms with E-state index in [1.807, 2.05) is 0 Å². The fourth-order valence-electron chi connectivity index (χ4n) is 2.69. The molecular formula is C18H19N5O. The van der Waals surface area contributed by atoms with E-state index in [-0.39, 0.29) is 5.91 Å². The normalized spacial score (nSPS) is 14.9. The van der Waals surface area contributed by atoms with Crippen LogP contribution in [0.2, 0.25) is 0 Å². The van der Waals surface area contributed by atoms with Crippen molar-refractivity contribution in [2.45, 2.75) is 19.8 Å². The maximum Gasteiger partial charge on any atom is 0.258 e. The van der Waals surface area contributed by atoms with Crippen LogP contribution in [-0.2, 0) is 0 Å². The largest absolute Gasteiger partial charge is 0.341 e. The molecule has 0 radical (unpaired) electrons. The average Bonchev–Trinajstić information content (AvgIpc) is 2.63. The Balaban J connectivity index is 1.69. The zero-order valence-electron chi connectivity index (χ0n) is 13.6. The molecule has 24 heavy (non-hydrogen) atoms. The van der Waals surface area contributed by atoms with E-state index < -0.39 is 0 Å². The quantitative estimate of drug-likeness (QED) is 0.940. The molecule has 1 aromatic heterocycles. The number of amides is 1. The zero-order valence-corrected chi connectivity index (χ0v) is 13.6. The van der Waals surface area contributed by atoms with E-state index in [1.165, 1.54) is 12.4 Å². The zero-order chi connectivity index (χ0) is 16.9. The van der Waals surface area contributed by atoms with Crippen LogP contribution in [0.15, 0.2) is 36.7 Å². The van der Waals surface area contributed by atoms with E-state index in [2.05, 4.69) is 33.2 Å². The molecule has 0 spiro atoms. The third-order valence-electron chi connectivity index (χ3n) is 4.26. The first-order valence-corrected chi connectivity index (χ1v) is 8.05. The van der Waals surface area contributed by atoms with Crippen LogP contribution in [0.3, 0.4) is 0 Å². The number of hydrogen-bond donors (Lipinski definition) is 1. The number of para-hydroxylation sites is 1. The molecule has 2 heterocycles. The Morgan fingerprint density at radius 1 is 1.25 bits per heavy atom. The summed E-state index contributed by atoms with van der Waals surface area (Å²) < 4.78 is 0. The predicted octanol–water partition coefficient (Wildman–Crippen LogP) is 2.84. The number of carbonyl (C=O) groups is 1. The van der Waals surface area contributed by atoms with Crippen molar-refractivity contribution in [1.82, 2.24) is 9.97 Å². The number of anilines is 2. The average molecular weight is 321 g/mol. The smallest absolute Gasteiger partial charge is 0.258 e. The molecule has 1 amide bonds. The Labute approximate surface area is 141 Å². The lowest BCUT2D eigenvalue weighted by atomic mass is 10.00. The van der Waals surface area contributed by atoms with Gasteiger partial charge in [-0.3, -0.25) is 4.79 Å². The molecule has 6 heteroatoms. The topological polar surface area (TPSA) is 81.9 Å². The number of aromatic nitrogens is 2. The number of rotatable bonds is 3. The highest BCUT2D eigenvalue weighted by molar-refractivity contribution is 6.04. The summed E-state index contributed by atoms with van der Waals surface area (Å²) in [5.74, 6) is 1.08. The first kappa shape index (κ1) is 15.9. The van der Waals surface area contributed by atoms with Crippen molar-refractivity contribution in [3.8, 4) is 6.07 Å². The third kappa shape index (κ3) is 3.51. The van der Waals surface area contributed by atoms with Crippen LogP contribution in [0.5, 0.6) is 0 Å². The molecule has 0 aliphatic carbocycles. The standard InChI is InChI=1S/C18H19N5O/c1-13-6-8-23(9-7-13)18-20-11-15(12-21-18)17(24)22-16-5-3-2-4-14(16)10-19/h2-5,11-13H,6-9H2,1H3,(H,22,24). The minimum Gasteiger partial charge on any atom is -0.341 e. The molecule has 1 fully saturated rings. The lowest BCUT2D eigenvalue weighted by Gasteiger charge is -2.30. The first-order chi connectivity index (χ1) is 11.7. The van der Waals surface area contributed by atoms with E-state index >= 15 is 0 Å². The summed E-state index contributed by atoms with van der Waals surface area (Å²) in [5.41, 5.74) is 1.28. The Morgan fingerprint density at radius 3 is 2.58 bits per heavy atom. The summed E-state index contributed by atoms with van der Waals surface area (Å²) in [6.45, 7) is 4.15. The summed E-state index contributed by atoms with van der Waals surface area (Å²) in [4.78, 5) is 23.1. The van der Waals surface area contributed by atoms with Crippen LogP contribution >= 0.6 is 0 Å². The fourth-order valence-corrected chi connectivity index (χ4v) is 2.69. The molecule has 122 valence electrons. The van der Waals surface area contributed by atoms with Crippen LogP contribution in [-0.4, -0.2) is 29.0 Å². The molecule has 2 aromatic rings. The van der Waals surface area contributed by atoms with Crippen molar-refractivity contribution in [2.24, 2.45) is 5.92 Å². The Bertz CT molecular complexity index is 758. The predicted molar refractivity (Wildman–Crippen MR) is 91.8 cm³/mol. The molecular weight excluding hydrogens is 302 g/mol. The molecule has 0 bridgehead atoms. The maximum absolute atomic E-state index is 12.3. The van der Waals surface area contributed by atoms with Crippen LogP contribution in [0.25, 0.3) is 0 Å². The summed E-state index contributed by atoms with van der Waals surface area (Å²) in [6.07, 6.45) is 5.34. The molecule has 3 rings (SSSR count). The van der Waals surface area contributed by atoms with Gasteiger partial charge < -0.3 is 10.2 Å². The summed E-state index contributed by atoms with van der Waals surface area (Å²) in [5, 5.41) is 11.8. The number of piperidine rings is 1. The number of hydrogen-bond acceptors (Lipinski definition) is 5. The second kappa shape index (κ2) is 7.09. The van der Waals surface area contributed by atoms with Crippen LogP contribution in [0, 0.1) is 17.2 Å². The molecule has 1 aliphatic heterocycles. The van der Waals surface area contributed by atoms with Gasteiger partial charge in [0.05, 0.1) is 16.8 Å². The SMILES string of the molecule is CC1CCN(c2ncc(C(=O)Nc3ccccc3C#N)cn2)CC1. The Kier molecular flexibility index (Phi) is 4.71. The van der Waals surface area contributed by atoms with Gasteiger partial charge in [-0.25, -0.2) is 9.97 Å². The number of nitrogens with zero attached hydrogens (tertiary/aromatic N) is 4. The van der Waals surface area contributed by atoms with Crippen LogP contribution < -0.4 is 10.2 Å². The first-order valence-electron chi connectivity index (χ1n) is 8.05. The molecule has 1 N–H and O–H groups in total. The third-order valence-corrected chi connectivity index (χ3v) is 4.26. The Hall–Kier alpha value is -2.94. The van der Waals surface area contributed by atoms with E-state index in [1.54, 1.807) is 24.3 Å². The van der Waals surface area contributed by atoms with Crippen molar-refractivity contribution in [1.29, 1.82) is 5.26 Å². The summed E-state index contributed by atoms with van der Waals surface area (Å²) >= 11 is 0. The van der Waals surface area contributed by atoms with Gasteiger partial charge in [0.2, 0.25) is 5.95 Å². The van der Waals surface area contributed by atoms with Gasteiger partial charge in [0.15, 0.2) is 0 Å². The molecule has 0 saturated carbocycles. The van der Waals surface area contributed by atoms with E-state index in [0.717, 1.165) is 31.8 Å². The summed E-state index contributed by atoms with van der Waals surface area (Å²) in [6, 6.07) is 8.94. The van der Waals surface area contributed by atoms with E-state index in [0.29, 0.717) is 22.8 Å². The van der Waals surface area contributed by atoms with Crippen molar-refractivity contribution in [3.05, 3.63) is 47.8 Å². The van der Waals surface area contributed by atoms with Gasteiger partial charge in [0.1, 0.15) is 6.07 Å². The lowest BCUT2D eigenvalue weighted by Crippen LogP contribution is -2.34. The number of benzene rings is 1. The molecule has 1 aromatic carbocycles. The second-order valence-corrected chi connectivity index (χ2v) is 6.05. The minimum atomic E-state index is -0.323. The Morgan fingerprint density at radius 2 is 1.92 bits per heavy atom. The monoisotopic (exact) mass is 321 g/mol. The highest BCUT2D eigenvalue weighted by Crippen LogP contribution is 2.20. The molecule has 0 atom stereocenters. The molecule has 0 unspecified atom stereocenters. The number of carbonyl (C=O) groups excluding carboxylic acids is 1. The van der Waals surface area contributed by atoms with Gasteiger partial charge >= 0.3 is 0 Å². The van der Waals surface area contributed by atoms with Crippen LogP contribution in [0.1, 0.15) is 35.7 Å². The second-order valence-electron chi connectivity index (χ2n) is 6.05. The van der Waals surface area contributed by atoms with Gasteiger partial charge in [-0.2, -0.15) is 5.26 Å². The highest BCUT2D eigenvalue weighted by Gasteiger charge is 2.18. The lowest BCUT2D eigenvalue weighted by molar-refractivity contribution is 0.102. The molecule has 1 aliphatic rings. The highest BCUT2D eigenvalue weighted by atomic mass is 16.1. The van der Waals surface area contributed by atoms with Gasteiger partial charge in [0.25, 0.3) is 5.91 Å². The van der Waals surface area contributed by atoms with Gasteiger partial charge in [-0.05, 0) is 30.9 Å². The van der Waals surface area contributed by atoms with Gasteiger partial charge in [-0.15, -0.1) is 0 Å².